The van der Waals surface area contributed by atoms with Gasteiger partial charge >= 0.3 is 0 Å². The van der Waals surface area contributed by atoms with Gasteiger partial charge in [-0.1, -0.05) is 18.2 Å². The lowest BCUT2D eigenvalue weighted by Gasteiger charge is -2.12. The van der Waals surface area contributed by atoms with Crippen LogP contribution >= 0.6 is 0 Å². The number of para-hydroxylation sites is 1. The predicted octanol–water partition coefficient (Wildman–Crippen LogP) is 2.15. The fraction of sp³-hybridized carbons (Fsp3) is 0.111. The lowest BCUT2D eigenvalue weighted by Crippen LogP contribution is -2.23. The minimum atomic E-state index is -0.150. The minimum Gasteiger partial charge on any atom is -0.348 e. The lowest BCUT2D eigenvalue weighted by atomic mass is 10.1. The van der Waals surface area contributed by atoms with Gasteiger partial charge in [-0.15, -0.1) is 0 Å². The molecule has 0 aliphatic rings. The van der Waals surface area contributed by atoms with Crippen LogP contribution < -0.4 is 5.32 Å². The quantitative estimate of drug-likeness (QED) is 0.621. The zero-order valence-corrected chi connectivity index (χ0v) is 13.6. The van der Waals surface area contributed by atoms with Crippen molar-refractivity contribution in [3.8, 4) is 5.69 Å². The molecule has 7 nitrogen and oxygen atoms in total. The lowest BCUT2D eigenvalue weighted by molar-refractivity contribution is 0.0951. The Morgan fingerprint density at radius 2 is 2.04 bits per heavy atom. The van der Waals surface area contributed by atoms with Crippen LogP contribution in [0.4, 0.5) is 0 Å². The highest BCUT2D eigenvalue weighted by atomic mass is 16.1. The summed E-state index contributed by atoms with van der Waals surface area (Å²) in [5, 5.41) is 6.99. The van der Waals surface area contributed by atoms with Crippen LogP contribution in [0.1, 0.15) is 21.7 Å². The molecule has 0 bridgehead atoms. The highest BCUT2D eigenvalue weighted by molar-refractivity contribution is 5.94. The number of pyridine rings is 1. The molecule has 0 saturated heterocycles. The molecule has 0 unspecified atom stereocenters. The van der Waals surface area contributed by atoms with Gasteiger partial charge in [-0.25, -0.2) is 14.5 Å². The number of carbonyl (C=O) groups excluding carboxylic acids is 1. The zero-order valence-electron chi connectivity index (χ0n) is 13.6. The first-order chi connectivity index (χ1) is 12.2. The molecule has 0 radical (unpaired) electrons. The smallest absolute Gasteiger partial charge is 0.251 e. The van der Waals surface area contributed by atoms with Crippen molar-refractivity contribution in [1.82, 2.24) is 29.5 Å². The Morgan fingerprint density at radius 1 is 1.16 bits per heavy atom. The Bertz CT molecular complexity index is 1050. The molecule has 25 heavy (non-hydrogen) atoms. The largest absolute Gasteiger partial charge is 0.348 e. The molecule has 0 atom stereocenters. The van der Waals surface area contributed by atoms with Crippen LogP contribution in [0.3, 0.4) is 0 Å². The molecule has 4 rings (SSSR count). The van der Waals surface area contributed by atoms with Gasteiger partial charge in [0.05, 0.1) is 5.69 Å². The van der Waals surface area contributed by atoms with Gasteiger partial charge in [0.15, 0.2) is 5.65 Å². The number of aromatic nitrogens is 5. The van der Waals surface area contributed by atoms with E-state index in [2.05, 4.69) is 20.4 Å². The highest BCUT2D eigenvalue weighted by Gasteiger charge is 2.10. The molecule has 3 heterocycles. The molecular formula is C18H16N6O. The summed E-state index contributed by atoms with van der Waals surface area (Å²) in [6.45, 7) is 2.37. The van der Waals surface area contributed by atoms with Gasteiger partial charge in [0.2, 0.25) is 0 Å². The van der Waals surface area contributed by atoms with Gasteiger partial charge in [0.1, 0.15) is 12.2 Å². The molecule has 1 aromatic carbocycles. The number of nitrogens with zero attached hydrogens (tertiary/aromatic N) is 5. The van der Waals surface area contributed by atoms with E-state index in [9.17, 15) is 4.79 Å². The molecule has 3 aromatic heterocycles. The van der Waals surface area contributed by atoms with Crippen LogP contribution in [0.25, 0.3) is 11.3 Å². The van der Waals surface area contributed by atoms with Crippen molar-refractivity contribution in [3.05, 3.63) is 78.3 Å². The van der Waals surface area contributed by atoms with E-state index in [1.807, 2.05) is 42.0 Å². The number of benzene rings is 1. The first-order valence-electron chi connectivity index (χ1n) is 7.88. The van der Waals surface area contributed by atoms with E-state index < -0.39 is 0 Å². The van der Waals surface area contributed by atoms with Crippen molar-refractivity contribution in [3.63, 3.8) is 0 Å². The number of aryl methyl sites for hydroxylation is 1. The maximum atomic E-state index is 12.5. The molecule has 0 saturated carbocycles. The van der Waals surface area contributed by atoms with E-state index >= 15 is 0 Å². The first kappa shape index (κ1) is 15.1. The maximum absolute atomic E-state index is 12.5. The number of nitrogens with one attached hydrogen (secondary N) is 1. The number of imidazole rings is 1. The van der Waals surface area contributed by atoms with Crippen LogP contribution in [0.5, 0.6) is 0 Å². The molecule has 124 valence electrons. The van der Waals surface area contributed by atoms with Gasteiger partial charge in [-0.05, 0) is 30.7 Å². The molecule has 0 aliphatic carbocycles. The van der Waals surface area contributed by atoms with Crippen LogP contribution in [0.15, 0.2) is 61.3 Å². The van der Waals surface area contributed by atoms with E-state index in [4.69, 9.17) is 0 Å². The van der Waals surface area contributed by atoms with Gasteiger partial charge < -0.3 is 9.88 Å². The average Bonchev–Trinajstić information content (AvgIpc) is 3.27. The Hall–Kier alpha value is -3.48. The van der Waals surface area contributed by atoms with E-state index in [1.54, 1.807) is 29.0 Å². The molecule has 1 N–H and O–H groups in total. The summed E-state index contributed by atoms with van der Waals surface area (Å²) < 4.78 is 3.62. The van der Waals surface area contributed by atoms with Crippen molar-refractivity contribution in [2.24, 2.45) is 0 Å². The second-order valence-corrected chi connectivity index (χ2v) is 5.63. The number of fused-ring (bicyclic) bond motifs is 1. The average molecular weight is 332 g/mol. The third-order valence-electron chi connectivity index (χ3n) is 4.06. The van der Waals surface area contributed by atoms with Crippen molar-refractivity contribution < 1.29 is 4.79 Å². The number of hydrogen-bond acceptors (Lipinski definition) is 4. The van der Waals surface area contributed by atoms with Crippen LogP contribution in [0.2, 0.25) is 0 Å². The maximum Gasteiger partial charge on any atom is 0.251 e. The summed E-state index contributed by atoms with van der Waals surface area (Å²) in [4.78, 5) is 20.8. The number of carbonyl (C=O) groups is 1. The van der Waals surface area contributed by atoms with Crippen molar-refractivity contribution in [2.45, 2.75) is 13.5 Å². The van der Waals surface area contributed by atoms with Gasteiger partial charge in [-0.3, -0.25) is 4.79 Å². The number of hydrogen-bond donors (Lipinski definition) is 1. The summed E-state index contributed by atoms with van der Waals surface area (Å²) in [7, 11) is 0. The monoisotopic (exact) mass is 332 g/mol. The molecule has 7 heteroatoms. The van der Waals surface area contributed by atoms with E-state index in [0.29, 0.717) is 17.8 Å². The Balaban J connectivity index is 1.55. The summed E-state index contributed by atoms with van der Waals surface area (Å²) in [5.41, 5.74) is 3.21. The molecule has 1 amide bonds. The van der Waals surface area contributed by atoms with E-state index in [-0.39, 0.29) is 5.91 Å². The molecule has 0 spiro atoms. The third-order valence-corrected chi connectivity index (χ3v) is 4.06. The van der Waals surface area contributed by atoms with Gasteiger partial charge in [-0.2, -0.15) is 5.10 Å². The zero-order chi connectivity index (χ0) is 17.2. The Labute approximate surface area is 144 Å². The summed E-state index contributed by atoms with van der Waals surface area (Å²) in [6, 6.07) is 11.4. The fourth-order valence-electron chi connectivity index (χ4n) is 2.76. The minimum absolute atomic E-state index is 0.150. The van der Waals surface area contributed by atoms with Crippen molar-refractivity contribution >= 4 is 11.6 Å². The fourth-order valence-corrected chi connectivity index (χ4v) is 2.76. The second-order valence-electron chi connectivity index (χ2n) is 5.63. The molecule has 0 fully saturated rings. The Kier molecular flexibility index (Phi) is 3.74. The normalized spacial score (nSPS) is 10.9. The Morgan fingerprint density at radius 3 is 2.88 bits per heavy atom. The molecule has 4 aromatic rings. The van der Waals surface area contributed by atoms with Crippen LogP contribution in [0, 0.1) is 6.92 Å². The highest BCUT2D eigenvalue weighted by Crippen LogP contribution is 2.16. The molecular weight excluding hydrogens is 316 g/mol. The van der Waals surface area contributed by atoms with E-state index in [0.717, 1.165) is 17.1 Å². The van der Waals surface area contributed by atoms with Gasteiger partial charge in [0, 0.05) is 30.7 Å². The standard InChI is InChI=1S/C18H16N6O/c1-13-19-7-9-23(13)16-5-3-2-4-15(16)11-20-18(25)14-6-8-24-17(10-14)21-12-22-24/h2-10,12H,11H2,1H3,(H,20,25). The van der Waals surface area contributed by atoms with Gasteiger partial charge in [0.25, 0.3) is 5.91 Å². The number of amides is 1. The summed E-state index contributed by atoms with van der Waals surface area (Å²) >= 11 is 0. The first-order valence-corrected chi connectivity index (χ1v) is 7.88. The third kappa shape index (κ3) is 2.87. The number of rotatable bonds is 4. The topological polar surface area (TPSA) is 77.1 Å². The molecule has 0 aliphatic heterocycles. The SMILES string of the molecule is Cc1nccn1-c1ccccc1CNC(=O)c1ccn2ncnc2c1. The van der Waals surface area contributed by atoms with Crippen molar-refractivity contribution in [1.29, 1.82) is 0 Å². The van der Waals surface area contributed by atoms with Crippen molar-refractivity contribution in [2.75, 3.05) is 0 Å². The summed E-state index contributed by atoms with van der Waals surface area (Å²) in [6.07, 6.45) is 6.86. The van der Waals surface area contributed by atoms with Crippen LogP contribution in [-0.4, -0.2) is 30.1 Å². The van der Waals surface area contributed by atoms with E-state index in [1.165, 1.54) is 6.33 Å². The summed E-state index contributed by atoms with van der Waals surface area (Å²) in [5.74, 6) is 0.749. The van der Waals surface area contributed by atoms with Crippen LogP contribution in [-0.2, 0) is 6.54 Å². The second kappa shape index (κ2) is 6.20. The predicted molar refractivity (Wildman–Crippen MR) is 92.5 cm³/mol.